The standard InChI is InChI=1S/C23H33N5O2S/c1-3-5-17-6-4-9-28(15-17)20-14-18(27-31-11-10-29)7-8-19(20)23(30)26-22-13-16(2)12-21(24)25-22/h7-8,12-14,17,27,29H,3-6,9-11,15H2,1-2H3,(H3,24,25,26,30). The molecule has 2 aromatic rings. The smallest absolute Gasteiger partial charge is 0.258 e. The maximum absolute atomic E-state index is 13.2. The van der Waals surface area contributed by atoms with Crippen LogP contribution in [0.3, 0.4) is 0 Å². The molecule has 2 heterocycles. The lowest BCUT2D eigenvalue weighted by atomic mass is 9.93. The maximum Gasteiger partial charge on any atom is 0.258 e. The SMILES string of the molecule is CCCC1CCCN(c2cc(NSCCO)ccc2C(=O)Nc2cc(C)cc(N)n2)C1. The minimum Gasteiger partial charge on any atom is -0.395 e. The van der Waals surface area contributed by atoms with Crippen molar-refractivity contribution in [1.82, 2.24) is 4.98 Å². The number of nitrogens with one attached hydrogen (secondary N) is 2. The minimum atomic E-state index is -0.195. The van der Waals surface area contributed by atoms with Gasteiger partial charge in [-0.3, -0.25) is 4.79 Å². The summed E-state index contributed by atoms with van der Waals surface area (Å²) in [6, 6.07) is 9.37. The van der Waals surface area contributed by atoms with Crippen molar-refractivity contribution >= 4 is 40.9 Å². The van der Waals surface area contributed by atoms with Crippen molar-refractivity contribution in [3.05, 3.63) is 41.5 Å². The number of hydrogen-bond acceptors (Lipinski definition) is 7. The van der Waals surface area contributed by atoms with Crippen molar-refractivity contribution in [2.24, 2.45) is 5.92 Å². The summed E-state index contributed by atoms with van der Waals surface area (Å²) >= 11 is 1.45. The Balaban J connectivity index is 1.87. The maximum atomic E-state index is 13.2. The number of carbonyl (C=O) groups is 1. The molecule has 0 spiro atoms. The zero-order valence-corrected chi connectivity index (χ0v) is 19.2. The normalized spacial score (nSPS) is 16.2. The van der Waals surface area contributed by atoms with Gasteiger partial charge in [-0.1, -0.05) is 25.3 Å². The number of aryl methyl sites for hydroxylation is 1. The van der Waals surface area contributed by atoms with Crippen LogP contribution in [-0.2, 0) is 0 Å². The van der Waals surface area contributed by atoms with Gasteiger partial charge in [0.05, 0.1) is 17.9 Å². The van der Waals surface area contributed by atoms with E-state index in [-0.39, 0.29) is 12.5 Å². The molecule has 0 radical (unpaired) electrons. The first-order chi connectivity index (χ1) is 15.0. The number of hydrogen-bond donors (Lipinski definition) is 4. The lowest BCUT2D eigenvalue weighted by molar-refractivity contribution is 0.102. The molecule has 1 atom stereocenters. The Bertz CT molecular complexity index is 870. The predicted octanol–water partition coefficient (Wildman–Crippen LogP) is 4.29. The summed E-state index contributed by atoms with van der Waals surface area (Å²) in [6.45, 7) is 6.15. The van der Waals surface area contributed by atoms with Gasteiger partial charge in [-0.15, -0.1) is 0 Å². The number of rotatable bonds is 9. The molecule has 31 heavy (non-hydrogen) atoms. The first-order valence-corrected chi connectivity index (χ1v) is 11.9. The van der Waals surface area contributed by atoms with E-state index in [1.807, 2.05) is 31.2 Å². The van der Waals surface area contributed by atoms with E-state index in [1.165, 1.54) is 31.2 Å². The number of aliphatic hydroxyl groups is 1. The molecule has 3 rings (SSSR count). The Morgan fingerprint density at radius 1 is 1.35 bits per heavy atom. The van der Waals surface area contributed by atoms with Crippen LogP contribution >= 0.6 is 11.9 Å². The van der Waals surface area contributed by atoms with Crippen molar-refractivity contribution in [1.29, 1.82) is 0 Å². The third-order valence-corrected chi connectivity index (χ3v) is 6.18. The van der Waals surface area contributed by atoms with Gasteiger partial charge in [0.2, 0.25) is 0 Å². The zero-order valence-electron chi connectivity index (χ0n) is 18.4. The van der Waals surface area contributed by atoms with Crippen molar-refractivity contribution in [3.63, 3.8) is 0 Å². The van der Waals surface area contributed by atoms with Gasteiger partial charge < -0.3 is 25.8 Å². The summed E-state index contributed by atoms with van der Waals surface area (Å²) in [5.74, 6) is 1.89. The zero-order chi connectivity index (χ0) is 22.2. The molecule has 0 aliphatic carbocycles. The van der Waals surface area contributed by atoms with Gasteiger partial charge in [0, 0.05) is 24.5 Å². The number of nitrogens with two attached hydrogens (primary N) is 1. The van der Waals surface area contributed by atoms with E-state index in [0.29, 0.717) is 28.9 Å². The third-order valence-electron chi connectivity index (χ3n) is 5.41. The molecule has 1 unspecified atom stereocenters. The molecule has 7 nitrogen and oxygen atoms in total. The van der Waals surface area contributed by atoms with Crippen LogP contribution in [0.2, 0.25) is 0 Å². The molecule has 0 saturated carbocycles. The molecule has 1 aliphatic rings. The largest absolute Gasteiger partial charge is 0.395 e. The monoisotopic (exact) mass is 443 g/mol. The number of nitrogens with zero attached hydrogens (tertiary/aromatic N) is 2. The molecule has 1 aromatic carbocycles. The van der Waals surface area contributed by atoms with Gasteiger partial charge in [-0.25, -0.2) is 4.98 Å². The van der Waals surface area contributed by atoms with Gasteiger partial charge >= 0.3 is 0 Å². The molecular formula is C23H33N5O2S. The molecule has 8 heteroatoms. The molecule has 1 amide bonds. The quantitative estimate of drug-likeness (QED) is 0.338. The number of amides is 1. The first kappa shape index (κ1) is 23.2. The molecule has 168 valence electrons. The molecule has 1 saturated heterocycles. The first-order valence-electron chi connectivity index (χ1n) is 10.9. The average Bonchev–Trinajstić information content (AvgIpc) is 2.73. The van der Waals surface area contributed by atoms with E-state index < -0.39 is 0 Å². The summed E-state index contributed by atoms with van der Waals surface area (Å²) in [4.78, 5) is 19.8. The van der Waals surface area contributed by atoms with Crippen molar-refractivity contribution in [3.8, 4) is 0 Å². The highest BCUT2D eigenvalue weighted by Gasteiger charge is 2.24. The van der Waals surface area contributed by atoms with Gasteiger partial charge in [0.1, 0.15) is 11.6 Å². The van der Waals surface area contributed by atoms with Crippen LogP contribution in [0.5, 0.6) is 0 Å². The van der Waals surface area contributed by atoms with Crippen LogP contribution in [0.1, 0.15) is 48.5 Å². The molecule has 5 N–H and O–H groups in total. The number of aliphatic hydroxyl groups excluding tert-OH is 1. The Morgan fingerprint density at radius 2 is 2.19 bits per heavy atom. The topological polar surface area (TPSA) is 104 Å². The molecule has 0 bridgehead atoms. The second-order valence-electron chi connectivity index (χ2n) is 8.06. The fourth-order valence-corrected chi connectivity index (χ4v) is 4.59. The Labute approximate surface area is 188 Å². The fraction of sp³-hybridized carbons (Fsp3) is 0.478. The lowest BCUT2D eigenvalue weighted by Gasteiger charge is -2.35. The van der Waals surface area contributed by atoms with E-state index in [1.54, 1.807) is 6.07 Å². The number of pyridine rings is 1. The highest BCUT2D eigenvalue weighted by molar-refractivity contribution is 8.00. The van der Waals surface area contributed by atoms with Gasteiger partial charge in [0.15, 0.2) is 0 Å². The van der Waals surface area contributed by atoms with E-state index in [4.69, 9.17) is 10.8 Å². The van der Waals surface area contributed by atoms with E-state index in [2.05, 4.69) is 26.8 Å². The second-order valence-corrected chi connectivity index (χ2v) is 8.96. The number of anilines is 4. The highest BCUT2D eigenvalue weighted by atomic mass is 32.2. The number of benzene rings is 1. The van der Waals surface area contributed by atoms with Gasteiger partial charge in [0.25, 0.3) is 5.91 Å². The van der Waals surface area contributed by atoms with Crippen LogP contribution in [0.15, 0.2) is 30.3 Å². The summed E-state index contributed by atoms with van der Waals surface area (Å²) in [6.07, 6.45) is 4.74. The summed E-state index contributed by atoms with van der Waals surface area (Å²) in [7, 11) is 0. The van der Waals surface area contributed by atoms with Crippen LogP contribution in [-0.4, -0.2) is 41.4 Å². The van der Waals surface area contributed by atoms with Crippen LogP contribution in [0, 0.1) is 12.8 Å². The molecule has 1 aromatic heterocycles. The van der Waals surface area contributed by atoms with Gasteiger partial charge in [-0.05, 0) is 68.0 Å². The Hall–Kier alpha value is -2.45. The molecule has 1 fully saturated rings. The van der Waals surface area contributed by atoms with Crippen molar-refractivity contribution in [2.75, 3.05) is 46.1 Å². The van der Waals surface area contributed by atoms with Crippen molar-refractivity contribution < 1.29 is 9.90 Å². The second kappa shape index (κ2) is 11.2. The van der Waals surface area contributed by atoms with Crippen molar-refractivity contribution in [2.45, 2.75) is 39.5 Å². The fourth-order valence-electron chi connectivity index (χ4n) is 4.10. The van der Waals surface area contributed by atoms with Crippen LogP contribution in [0.25, 0.3) is 0 Å². The minimum absolute atomic E-state index is 0.114. The van der Waals surface area contributed by atoms with E-state index >= 15 is 0 Å². The lowest BCUT2D eigenvalue weighted by Crippen LogP contribution is -2.36. The Kier molecular flexibility index (Phi) is 8.43. The Morgan fingerprint density at radius 3 is 2.94 bits per heavy atom. The van der Waals surface area contributed by atoms with E-state index in [0.717, 1.165) is 36.4 Å². The summed E-state index contributed by atoms with van der Waals surface area (Å²) < 4.78 is 3.26. The van der Waals surface area contributed by atoms with Crippen LogP contribution in [0.4, 0.5) is 23.0 Å². The van der Waals surface area contributed by atoms with Crippen LogP contribution < -0.4 is 20.7 Å². The number of aromatic nitrogens is 1. The molecular weight excluding hydrogens is 410 g/mol. The predicted molar refractivity (Wildman–Crippen MR) is 131 cm³/mol. The number of piperidine rings is 1. The molecule has 1 aliphatic heterocycles. The van der Waals surface area contributed by atoms with E-state index in [9.17, 15) is 4.79 Å². The van der Waals surface area contributed by atoms with Gasteiger partial charge in [-0.2, -0.15) is 0 Å². The highest BCUT2D eigenvalue weighted by Crippen LogP contribution is 2.32. The summed E-state index contributed by atoms with van der Waals surface area (Å²) in [5, 5.41) is 12.0. The number of carbonyl (C=O) groups excluding carboxylic acids is 1. The summed E-state index contributed by atoms with van der Waals surface area (Å²) in [5.41, 5.74) is 9.25. The average molecular weight is 444 g/mol. The third kappa shape index (κ3) is 6.51. The number of nitrogen functional groups attached to an aromatic ring is 1.